The zero-order chi connectivity index (χ0) is 14.4. The topological polar surface area (TPSA) is 76.0 Å². The van der Waals surface area contributed by atoms with Gasteiger partial charge < -0.3 is 19.7 Å². The van der Waals surface area contributed by atoms with Crippen LogP contribution in [0.1, 0.15) is 17.3 Å². The number of benzene rings is 1. The van der Waals surface area contributed by atoms with Crippen LogP contribution >= 0.6 is 23.2 Å². The Kier molecular flexibility index (Phi) is 6.37. The van der Waals surface area contributed by atoms with E-state index in [2.05, 4.69) is 0 Å². The van der Waals surface area contributed by atoms with Crippen LogP contribution in [-0.2, 0) is 4.74 Å². The Bertz CT molecular complexity index is 450. The van der Waals surface area contributed by atoms with Crippen LogP contribution in [0.4, 0.5) is 0 Å². The van der Waals surface area contributed by atoms with E-state index in [1.54, 1.807) is 6.92 Å². The summed E-state index contributed by atoms with van der Waals surface area (Å²) < 4.78 is 10.3. The Hall–Kier alpha value is -1.01. The molecule has 0 heterocycles. The fraction of sp³-hybridized carbons (Fsp3) is 0.417. The maximum Gasteiger partial charge on any atom is 0.339 e. The Morgan fingerprint density at radius 1 is 1.37 bits per heavy atom. The zero-order valence-electron chi connectivity index (χ0n) is 10.2. The van der Waals surface area contributed by atoms with Crippen LogP contribution in [0.3, 0.4) is 0 Å². The second-order valence-corrected chi connectivity index (χ2v) is 4.54. The summed E-state index contributed by atoms with van der Waals surface area (Å²) in [5.74, 6) is -1.23. The number of ether oxygens (including phenoxy) is 2. The Morgan fingerprint density at radius 2 is 2.05 bits per heavy atom. The second-order valence-electron chi connectivity index (χ2n) is 3.69. The number of hydrogen-bond donors (Lipinski definition) is 2. The van der Waals surface area contributed by atoms with Gasteiger partial charge in [-0.2, -0.15) is 0 Å². The van der Waals surface area contributed by atoms with Gasteiger partial charge >= 0.3 is 5.97 Å². The summed E-state index contributed by atoms with van der Waals surface area (Å²) >= 11 is 11.6. The van der Waals surface area contributed by atoms with Crippen LogP contribution in [-0.4, -0.2) is 42.1 Å². The first kappa shape index (κ1) is 16.0. The molecule has 7 heteroatoms. The van der Waals surface area contributed by atoms with Crippen molar-refractivity contribution in [2.45, 2.75) is 13.0 Å². The van der Waals surface area contributed by atoms with Crippen molar-refractivity contribution in [1.82, 2.24) is 0 Å². The first-order valence-corrected chi connectivity index (χ1v) is 6.32. The van der Waals surface area contributed by atoms with Gasteiger partial charge in [0.15, 0.2) is 5.75 Å². The smallest absolute Gasteiger partial charge is 0.339 e. The van der Waals surface area contributed by atoms with Gasteiger partial charge in [0.25, 0.3) is 0 Å². The molecule has 0 aliphatic carbocycles. The molecule has 0 saturated heterocycles. The Labute approximate surface area is 120 Å². The minimum Gasteiger partial charge on any atom is -0.488 e. The first-order chi connectivity index (χ1) is 8.95. The van der Waals surface area contributed by atoms with Gasteiger partial charge in [0.1, 0.15) is 18.3 Å². The molecule has 1 rings (SSSR count). The third kappa shape index (κ3) is 4.87. The summed E-state index contributed by atoms with van der Waals surface area (Å²) in [6, 6.07) is 2.61. The highest BCUT2D eigenvalue weighted by Crippen LogP contribution is 2.32. The van der Waals surface area contributed by atoms with Gasteiger partial charge in [-0.3, -0.25) is 0 Å². The van der Waals surface area contributed by atoms with E-state index >= 15 is 0 Å². The Balaban J connectivity index is 2.80. The lowest BCUT2D eigenvalue weighted by molar-refractivity contribution is 0.0161. The number of rotatable bonds is 7. The fourth-order valence-corrected chi connectivity index (χ4v) is 1.90. The van der Waals surface area contributed by atoms with Crippen molar-refractivity contribution in [3.63, 3.8) is 0 Å². The van der Waals surface area contributed by atoms with Crippen molar-refractivity contribution in [3.05, 3.63) is 27.7 Å². The minimum atomic E-state index is -1.21. The SMILES string of the molecule is CCOCC(O)COc1c(Cl)cc(Cl)cc1C(=O)O. The molecule has 0 spiro atoms. The van der Waals surface area contributed by atoms with Crippen LogP contribution in [0.2, 0.25) is 10.0 Å². The number of halogens is 2. The average molecular weight is 309 g/mol. The number of carboxylic acid groups (broad SMARTS) is 1. The molecule has 0 bridgehead atoms. The summed E-state index contributed by atoms with van der Waals surface area (Å²) in [6.07, 6.45) is -0.867. The van der Waals surface area contributed by atoms with Gasteiger partial charge in [-0.1, -0.05) is 23.2 Å². The summed E-state index contributed by atoms with van der Waals surface area (Å²) in [7, 11) is 0. The number of carbonyl (C=O) groups is 1. The molecule has 1 atom stereocenters. The summed E-state index contributed by atoms with van der Waals surface area (Å²) in [4.78, 5) is 11.1. The number of carboxylic acids is 1. The molecule has 19 heavy (non-hydrogen) atoms. The van der Waals surface area contributed by atoms with Crippen LogP contribution in [0.25, 0.3) is 0 Å². The van der Waals surface area contributed by atoms with Gasteiger partial charge in [0, 0.05) is 11.6 Å². The van der Waals surface area contributed by atoms with Crippen molar-refractivity contribution in [1.29, 1.82) is 0 Å². The molecule has 1 aromatic carbocycles. The fourth-order valence-electron chi connectivity index (χ4n) is 1.35. The third-order valence-electron chi connectivity index (χ3n) is 2.17. The van der Waals surface area contributed by atoms with E-state index in [4.69, 9.17) is 37.8 Å². The second kappa shape index (κ2) is 7.55. The number of aliphatic hydroxyl groups excluding tert-OH is 1. The van der Waals surface area contributed by atoms with E-state index in [0.29, 0.717) is 6.61 Å². The predicted molar refractivity (Wildman–Crippen MR) is 71.4 cm³/mol. The van der Waals surface area contributed by atoms with E-state index in [1.807, 2.05) is 0 Å². The van der Waals surface area contributed by atoms with Crippen LogP contribution in [0.15, 0.2) is 12.1 Å². The van der Waals surface area contributed by atoms with Gasteiger partial charge in [-0.15, -0.1) is 0 Å². The van der Waals surface area contributed by atoms with E-state index in [0.717, 1.165) is 0 Å². The predicted octanol–water partition coefficient (Wildman–Crippen LogP) is 2.47. The zero-order valence-corrected chi connectivity index (χ0v) is 11.7. The average Bonchev–Trinajstić information content (AvgIpc) is 2.34. The third-order valence-corrected chi connectivity index (χ3v) is 2.67. The van der Waals surface area contributed by atoms with E-state index in [-0.39, 0.29) is 34.6 Å². The standard InChI is InChI=1S/C12H14Cl2O5/c1-2-18-5-8(15)6-19-11-9(12(16)17)3-7(13)4-10(11)14/h3-4,8,15H,2,5-6H2,1H3,(H,16,17). The van der Waals surface area contributed by atoms with Gasteiger partial charge in [0.05, 0.1) is 11.6 Å². The normalized spacial score (nSPS) is 12.2. The lowest BCUT2D eigenvalue weighted by Gasteiger charge is -2.15. The number of hydrogen-bond acceptors (Lipinski definition) is 4. The highest BCUT2D eigenvalue weighted by molar-refractivity contribution is 6.36. The molecule has 0 radical (unpaired) electrons. The van der Waals surface area contributed by atoms with Crippen molar-refractivity contribution < 1.29 is 24.5 Å². The number of aliphatic hydroxyl groups is 1. The molecule has 106 valence electrons. The van der Waals surface area contributed by atoms with E-state index in [9.17, 15) is 9.90 Å². The molecule has 5 nitrogen and oxygen atoms in total. The summed E-state index contributed by atoms with van der Waals surface area (Å²) in [5, 5.41) is 18.9. The molecule has 0 saturated carbocycles. The van der Waals surface area contributed by atoms with Crippen LogP contribution in [0.5, 0.6) is 5.75 Å². The van der Waals surface area contributed by atoms with Crippen molar-refractivity contribution in [2.24, 2.45) is 0 Å². The molecule has 0 aromatic heterocycles. The van der Waals surface area contributed by atoms with Gasteiger partial charge in [-0.05, 0) is 19.1 Å². The minimum absolute atomic E-state index is 0.0193. The molecule has 1 unspecified atom stereocenters. The lowest BCUT2D eigenvalue weighted by atomic mass is 10.2. The molecule has 0 fully saturated rings. The molecule has 0 aliphatic heterocycles. The highest BCUT2D eigenvalue weighted by Gasteiger charge is 2.17. The highest BCUT2D eigenvalue weighted by atomic mass is 35.5. The molecule has 0 amide bonds. The van der Waals surface area contributed by atoms with Crippen molar-refractivity contribution >= 4 is 29.2 Å². The number of aromatic carboxylic acids is 1. The van der Waals surface area contributed by atoms with Crippen molar-refractivity contribution in [3.8, 4) is 5.75 Å². The maximum atomic E-state index is 11.1. The first-order valence-electron chi connectivity index (χ1n) is 5.56. The summed E-state index contributed by atoms with van der Waals surface area (Å²) in [6.45, 7) is 2.25. The molecular weight excluding hydrogens is 295 g/mol. The molecular formula is C12H14Cl2O5. The van der Waals surface area contributed by atoms with Crippen LogP contribution < -0.4 is 4.74 Å². The van der Waals surface area contributed by atoms with Gasteiger partial charge in [-0.25, -0.2) is 4.79 Å². The molecule has 0 aliphatic rings. The molecule has 2 N–H and O–H groups in total. The Morgan fingerprint density at radius 3 is 2.63 bits per heavy atom. The van der Waals surface area contributed by atoms with E-state index in [1.165, 1.54) is 12.1 Å². The van der Waals surface area contributed by atoms with Crippen molar-refractivity contribution in [2.75, 3.05) is 19.8 Å². The lowest BCUT2D eigenvalue weighted by Crippen LogP contribution is -2.24. The molecule has 1 aromatic rings. The largest absolute Gasteiger partial charge is 0.488 e. The van der Waals surface area contributed by atoms with Gasteiger partial charge in [0.2, 0.25) is 0 Å². The summed E-state index contributed by atoms with van der Waals surface area (Å²) in [5.41, 5.74) is -0.152. The van der Waals surface area contributed by atoms with Crippen LogP contribution in [0, 0.1) is 0 Å². The maximum absolute atomic E-state index is 11.1. The quantitative estimate of drug-likeness (QED) is 0.809. The monoisotopic (exact) mass is 308 g/mol. The van der Waals surface area contributed by atoms with E-state index < -0.39 is 12.1 Å².